The number of nitrogens with zero attached hydrogens (tertiary/aromatic N) is 1. The maximum absolute atomic E-state index is 12.7. The first-order chi connectivity index (χ1) is 9.34. The van der Waals surface area contributed by atoms with Crippen molar-refractivity contribution in [3.63, 3.8) is 0 Å². The van der Waals surface area contributed by atoms with Crippen LogP contribution in [0.15, 0.2) is 23.1 Å². The SMILES string of the molecule is COCCN(C(C)C)S(=O)(=O)c1ccc(CN)cc1Cl. The van der Waals surface area contributed by atoms with Crippen LogP contribution in [0.2, 0.25) is 5.02 Å². The molecular formula is C13H21ClN2O3S. The average Bonchev–Trinajstić information content (AvgIpc) is 2.37. The molecule has 0 heterocycles. The van der Waals surface area contributed by atoms with E-state index in [-0.39, 0.29) is 22.5 Å². The number of halogens is 1. The number of hydrogen-bond donors (Lipinski definition) is 1. The molecule has 0 amide bonds. The number of nitrogens with two attached hydrogens (primary N) is 1. The zero-order chi connectivity index (χ0) is 15.3. The van der Waals surface area contributed by atoms with Gasteiger partial charge in [-0.2, -0.15) is 4.31 Å². The van der Waals surface area contributed by atoms with Crippen LogP contribution in [0.3, 0.4) is 0 Å². The number of rotatable bonds is 7. The van der Waals surface area contributed by atoms with Gasteiger partial charge in [-0.15, -0.1) is 0 Å². The van der Waals surface area contributed by atoms with Crippen LogP contribution in [0.1, 0.15) is 19.4 Å². The monoisotopic (exact) mass is 320 g/mol. The van der Waals surface area contributed by atoms with Crippen molar-refractivity contribution in [2.24, 2.45) is 5.73 Å². The van der Waals surface area contributed by atoms with Gasteiger partial charge >= 0.3 is 0 Å². The van der Waals surface area contributed by atoms with Crippen LogP contribution >= 0.6 is 11.6 Å². The molecular weight excluding hydrogens is 300 g/mol. The average molecular weight is 321 g/mol. The van der Waals surface area contributed by atoms with E-state index >= 15 is 0 Å². The molecule has 0 saturated carbocycles. The molecule has 0 atom stereocenters. The molecule has 5 nitrogen and oxygen atoms in total. The summed E-state index contributed by atoms with van der Waals surface area (Å²) < 4.78 is 31.6. The molecule has 1 rings (SSSR count). The first kappa shape index (κ1) is 17.4. The Kier molecular flexibility index (Phi) is 6.42. The van der Waals surface area contributed by atoms with E-state index in [9.17, 15) is 8.42 Å². The summed E-state index contributed by atoms with van der Waals surface area (Å²) in [7, 11) is -2.11. The van der Waals surface area contributed by atoms with Gasteiger partial charge in [-0.3, -0.25) is 0 Å². The Hall–Kier alpha value is -0.660. The molecule has 0 radical (unpaired) electrons. The van der Waals surface area contributed by atoms with Crippen molar-refractivity contribution in [2.75, 3.05) is 20.3 Å². The van der Waals surface area contributed by atoms with E-state index in [1.807, 2.05) is 13.8 Å². The van der Waals surface area contributed by atoms with Gasteiger partial charge in [0.15, 0.2) is 0 Å². The van der Waals surface area contributed by atoms with Crippen molar-refractivity contribution in [2.45, 2.75) is 31.3 Å². The van der Waals surface area contributed by atoms with Gasteiger partial charge in [0.25, 0.3) is 0 Å². The summed E-state index contributed by atoms with van der Waals surface area (Å²) in [5.74, 6) is 0. The second-order valence-corrected chi connectivity index (χ2v) is 6.94. The second-order valence-electron chi connectivity index (χ2n) is 4.67. The van der Waals surface area contributed by atoms with E-state index in [0.29, 0.717) is 13.2 Å². The molecule has 0 aromatic heterocycles. The lowest BCUT2D eigenvalue weighted by Gasteiger charge is -2.26. The van der Waals surface area contributed by atoms with Gasteiger partial charge in [0.1, 0.15) is 4.90 Å². The van der Waals surface area contributed by atoms with E-state index in [2.05, 4.69) is 0 Å². The van der Waals surface area contributed by atoms with Gasteiger partial charge in [0.05, 0.1) is 11.6 Å². The van der Waals surface area contributed by atoms with Crippen molar-refractivity contribution in [1.29, 1.82) is 0 Å². The Morgan fingerprint density at radius 1 is 1.40 bits per heavy atom. The van der Waals surface area contributed by atoms with Crippen LogP contribution in [0.5, 0.6) is 0 Å². The summed E-state index contributed by atoms with van der Waals surface area (Å²) in [6, 6.07) is 4.58. The number of hydrogen-bond acceptors (Lipinski definition) is 4. The fraction of sp³-hybridized carbons (Fsp3) is 0.538. The smallest absolute Gasteiger partial charge is 0.244 e. The molecule has 0 fully saturated rings. The zero-order valence-corrected chi connectivity index (χ0v) is 13.5. The van der Waals surface area contributed by atoms with Gasteiger partial charge in [0.2, 0.25) is 10.0 Å². The van der Waals surface area contributed by atoms with Gasteiger partial charge in [-0.1, -0.05) is 17.7 Å². The zero-order valence-electron chi connectivity index (χ0n) is 12.0. The quantitative estimate of drug-likeness (QED) is 0.832. The molecule has 0 aliphatic heterocycles. The Morgan fingerprint density at radius 3 is 2.50 bits per heavy atom. The largest absolute Gasteiger partial charge is 0.383 e. The van der Waals surface area contributed by atoms with E-state index < -0.39 is 10.0 Å². The van der Waals surface area contributed by atoms with Crippen molar-refractivity contribution < 1.29 is 13.2 Å². The normalized spacial score (nSPS) is 12.3. The summed E-state index contributed by atoms with van der Waals surface area (Å²) in [4.78, 5) is 0.0983. The van der Waals surface area contributed by atoms with Crippen molar-refractivity contribution in [1.82, 2.24) is 4.31 Å². The van der Waals surface area contributed by atoms with Crippen LogP contribution in [-0.4, -0.2) is 39.0 Å². The first-order valence-electron chi connectivity index (χ1n) is 6.33. The fourth-order valence-corrected chi connectivity index (χ4v) is 4.01. The number of ether oxygens (including phenoxy) is 1. The van der Waals surface area contributed by atoms with Crippen LogP contribution in [0.4, 0.5) is 0 Å². The molecule has 2 N–H and O–H groups in total. The summed E-state index contributed by atoms with van der Waals surface area (Å²) in [6.07, 6.45) is 0. The summed E-state index contributed by atoms with van der Waals surface area (Å²) in [6.45, 7) is 4.56. The third-order valence-corrected chi connectivity index (χ3v) is 5.47. The highest BCUT2D eigenvalue weighted by Gasteiger charge is 2.28. The van der Waals surface area contributed by atoms with Gasteiger partial charge in [-0.05, 0) is 31.5 Å². The Bertz CT molecular complexity index is 547. The number of methoxy groups -OCH3 is 1. The number of benzene rings is 1. The predicted molar refractivity (Wildman–Crippen MR) is 80.2 cm³/mol. The molecule has 0 aliphatic carbocycles. The maximum Gasteiger partial charge on any atom is 0.244 e. The fourth-order valence-electron chi connectivity index (χ4n) is 1.84. The lowest BCUT2D eigenvalue weighted by molar-refractivity contribution is 0.171. The molecule has 7 heteroatoms. The van der Waals surface area contributed by atoms with E-state index in [4.69, 9.17) is 22.1 Å². The molecule has 1 aromatic carbocycles. The molecule has 0 unspecified atom stereocenters. The molecule has 0 spiro atoms. The van der Waals surface area contributed by atoms with Gasteiger partial charge < -0.3 is 10.5 Å². The van der Waals surface area contributed by atoms with Crippen LogP contribution in [-0.2, 0) is 21.3 Å². The molecule has 20 heavy (non-hydrogen) atoms. The number of sulfonamides is 1. The predicted octanol–water partition coefficient (Wildman–Crippen LogP) is 1.84. The summed E-state index contributed by atoms with van der Waals surface area (Å²) >= 11 is 6.08. The lowest BCUT2D eigenvalue weighted by atomic mass is 10.2. The highest BCUT2D eigenvalue weighted by Crippen LogP contribution is 2.26. The Balaban J connectivity index is 3.19. The van der Waals surface area contributed by atoms with Crippen LogP contribution in [0, 0.1) is 0 Å². The van der Waals surface area contributed by atoms with Crippen LogP contribution in [0.25, 0.3) is 0 Å². The highest BCUT2D eigenvalue weighted by atomic mass is 35.5. The Labute approximate surface area is 125 Å². The maximum atomic E-state index is 12.7. The minimum Gasteiger partial charge on any atom is -0.383 e. The molecule has 1 aromatic rings. The van der Waals surface area contributed by atoms with Crippen molar-refractivity contribution in [3.05, 3.63) is 28.8 Å². The highest BCUT2D eigenvalue weighted by molar-refractivity contribution is 7.89. The summed E-state index contributed by atoms with van der Waals surface area (Å²) in [5, 5.41) is 0.191. The van der Waals surface area contributed by atoms with Crippen molar-refractivity contribution >= 4 is 21.6 Å². The lowest BCUT2D eigenvalue weighted by Crippen LogP contribution is -2.39. The topological polar surface area (TPSA) is 72.6 Å². The van der Waals surface area contributed by atoms with Gasteiger partial charge in [0, 0.05) is 26.2 Å². The summed E-state index contributed by atoms with van der Waals surface area (Å²) in [5.41, 5.74) is 6.31. The van der Waals surface area contributed by atoms with Gasteiger partial charge in [-0.25, -0.2) is 8.42 Å². The van der Waals surface area contributed by atoms with Crippen molar-refractivity contribution in [3.8, 4) is 0 Å². The standard InChI is InChI=1S/C13H21ClN2O3S/c1-10(2)16(6-7-19-3)20(17,18)13-5-4-11(9-15)8-12(13)14/h4-5,8,10H,6-7,9,15H2,1-3H3. The second kappa shape index (κ2) is 7.38. The minimum atomic E-state index is -3.65. The van der Waals surface area contributed by atoms with E-state index in [1.54, 1.807) is 12.1 Å². The molecule has 114 valence electrons. The van der Waals surface area contributed by atoms with E-state index in [0.717, 1.165) is 5.56 Å². The third-order valence-electron chi connectivity index (χ3n) is 2.91. The minimum absolute atomic E-state index is 0.0983. The third kappa shape index (κ3) is 3.93. The molecule has 0 bridgehead atoms. The molecule has 0 saturated heterocycles. The van der Waals surface area contributed by atoms with E-state index in [1.165, 1.54) is 17.5 Å². The van der Waals surface area contributed by atoms with Crippen LogP contribution < -0.4 is 5.73 Å². The molecule has 0 aliphatic rings. The Morgan fingerprint density at radius 2 is 2.05 bits per heavy atom. The first-order valence-corrected chi connectivity index (χ1v) is 8.15.